The minimum Gasteiger partial charge on any atom is -0.477 e. The maximum atomic E-state index is 14.1. The molecule has 24 heavy (non-hydrogen) atoms. The van der Waals surface area contributed by atoms with Gasteiger partial charge in [0, 0.05) is 24.3 Å². The highest BCUT2D eigenvalue weighted by Gasteiger charge is 2.25. The highest BCUT2D eigenvalue weighted by atomic mass is 19.1. The molecule has 0 unspecified atom stereocenters. The second-order valence-corrected chi connectivity index (χ2v) is 5.45. The molecule has 5 nitrogen and oxygen atoms in total. The first-order chi connectivity index (χ1) is 11.5. The lowest BCUT2D eigenvalue weighted by Crippen LogP contribution is -2.22. The molecule has 0 fully saturated rings. The summed E-state index contributed by atoms with van der Waals surface area (Å²) in [5.41, 5.74) is 6.62. The molecule has 0 saturated heterocycles. The summed E-state index contributed by atoms with van der Waals surface area (Å²) in [7, 11) is 1.00. The summed E-state index contributed by atoms with van der Waals surface area (Å²) >= 11 is 0. The second kappa shape index (κ2) is 7.35. The predicted octanol–water partition coefficient (Wildman–Crippen LogP) is 2.31. The largest absolute Gasteiger partial charge is 0.477 e. The van der Waals surface area contributed by atoms with Crippen molar-refractivity contribution in [1.29, 1.82) is 0 Å². The fourth-order valence-electron chi connectivity index (χ4n) is 2.57. The van der Waals surface area contributed by atoms with Gasteiger partial charge in [0.1, 0.15) is 17.3 Å². The molecule has 2 aromatic rings. The first-order valence-corrected chi connectivity index (χ1v) is 7.32. The van der Waals surface area contributed by atoms with Gasteiger partial charge < -0.3 is 15.6 Å². The van der Waals surface area contributed by atoms with E-state index in [1.807, 2.05) is 6.92 Å². The summed E-state index contributed by atoms with van der Waals surface area (Å²) < 4.78 is 32.8. The van der Waals surface area contributed by atoms with Crippen molar-refractivity contribution in [1.82, 2.24) is 4.98 Å². The van der Waals surface area contributed by atoms with E-state index < -0.39 is 17.5 Å². The molecule has 2 heterocycles. The van der Waals surface area contributed by atoms with E-state index in [1.54, 1.807) is 0 Å². The Kier molecular flexibility index (Phi) is 5.46. The number of aliphatic hydroxyl groups excluding tert-OH is 1. The van der Waals surface area contributed by atoms with Crippen LogP contribution in [0.1, 0.15) is 23.0 Å². The molecule has 3 N–H and O–H groups in total. The summed E-state index contributed by atoms with van der Waals surface area (Å²) in [5, 5.41) is 7.00. The molecule has 3 rings (SSSR count). The number of carbonyl (C=O) groups excluding carboxylic acids is 1. The Labute approximate surface area is 138 Å². The third-order valence-electron chi connectivity index (χ3n) is 3.62. The van der Waals surface area contributed by atoms with Crippen LogP contribution in [0.4, 0.5) is 8.78 Å². The fraction of sp³-hybridized carbons (Fsp3) is 0.294. The molecule has 0 saturated carbocycles. The van der Waals surface area contributed by atoms with Gasteiger partial charge in [0.2, 0.25) is 5.88 Å². The van der Waals surface area contributed by atoms with E-state index >= 15 is 0 Å². The number of aromatic nitrogens is 1. The maximum absolute atomic E-state index is 14.1. The van der Waals surface area contributed by atoms with Gasteiger partial charge in [-0.25, -0.2) is 13.8 Å². The average Bonchev–Trinajstić information content (AvgIpc) is 2.56. The van der Waals surface area contributed by atoms with Gasteiger partial charge in [-0.3, -0.25) is 4.79 Å². The molecule has 1 aliphatic rings. The Hall–Kier alpha value is -2.54. The topological polar surface area (TPSA) is 85.4 Å². The van der Waals surface area contributed by atoms with Crippen LogP contribution in [0.2, 0.25) is 0 Å². The van der Waals surface area contributed by atoms with Crippen LogP contribution >= 0.6 is 0 Å². The molecule has 0 bridgehead atoms. The molecular formula is C17H18F2N2O3. The first kappa shape index (κ1) is 17.8. The summed E-state index contributed by atoms with van der Waals surface area (Å²) in [5.74, 6) is -1.58. The molecule has 0 aliphatic carbocycles. The lowest BCUT2D eigenvalue weighted by Gasteiger charge is -2.24. The molecule has 7 heteroatoms. The van der Waals surface area contributed by atoms with E-state index in [0.717, 1.165) is 13.2 Å². The van der Waals surface area contributed by atoms with Crippen molar-refractivity contribution < 1.29 is 23.4 Å². The lowest BCUT2D eigenvalue weighted by atomic mass is 9.92. The maximum Gasteiger partial charge on any atom is 0.267 e. The quantitative estimate of drug-likeness (QED) is 0.881. The summed E-state index contributed by atoms with van der Waals surface area (Å²) in [6.07, 6.45) is 0.632. The molecular weight excluding hydrogens is 318 g/mol. The standard InChI is InChI=1S/C16H14F2N2O2.CH4O/c1-8-4-12-11(10-3-2-9(17)5-13(10)18)6-14(15(19)21)20-16(12)22-7-8;1-2/h2-3,5-6,8H,4,7H2,1H3,(H2,19,21);2H,1H3/t8-;/m1./s1. The number of nitrogens with two attached hydrogens (primary N) is 1. The van der Waals surface area contributed by atoms with Crippen molar-refractivity contribution in [3.05, 3.63) is 47.2 Å². The van der Waals surface area contributed by atoms with Gasteiger partial charge in [-0.05, 0) is 36.1 Å². The predicted molar refractivity (Wildman–Crippen MR) is 84.6 cm³/mol. The van der Waals surface area contributed by atoms with E-state index in [0.29, 0.717) is 24.2 Å². The first-order valence-electron chi connectivity index (χ1n) is 7.32. The zero-order valence-electron chi connectivity index (χ0n) is 13.3. The summed E-state index contributed by atoms with van der Waals surface area (Å²) in [4.78, 5) is 15.5. The van der Waals surface area contributed by atoms with E-state index in [4.69, 9.17) is 15.6 Å². The van der Waals surface area contributed by atoms with E-state index in [1.165, 1.54) is 18.2 Å². The number of halogens is 2. The molecule has 1 amide bonds. The van der Waals surface area contributed by atoms with Gasteiger partial charge in [0.25, 0.3) is 5.91 Å². The van der Waals surface area contributed by atoms with Crippen LogP contribution in [0.15, 0.2) is 24.3 Å². The van der Waals surface area contributed by atoms with Gasteiger partial charge in [-0.15, -0.1) is 0 Å². The van der Waals surface area contributed by atoms with Crippen molar-refractivity contribution in [2.24, 2.45) is 11.7 Å². The number of hydrogen-bond donors (Lipinski definition) is 2. The van der Waals surface area contributed by atoms with Crippen LogP contribution in [-0.4, -0.2) is 29.7 Å². The number of fused-ring (bicyclic) bond motifs is 1. The van der Waals surface area contributed by atoms with Crippen LogP contribution in [0.25, 0.3) is 11.1 Å². The third-order valence-corrected chi connectivity index (χ3v) is 3.62. The van der Waals surface area contributed by atoms with Crippen LogP contribution in [-0.2, 0) is 6.42 Å². The second-order valence-electron chi connectivity index (χ2n) is 5.45. The number of pyridine rings is 1. The molecule has 1 aromatic heterocycles. The normalized spacial score (nSPS) is 15.6. The average molecular weight is 336 g/mol. The Morgan fingerprint density at radius 3 is 2.62 bits per heavy atom. The Balaban J connectivity index is 0.00000100. The minimum atomic E-state index is -0.728. The van der Waals surface area contributed by atoms with Crippen molar-refractivity contribution in [3.63, 3.8) is 0 Å². The third kappa shape index (κ3) is 3.51. The summed E-state index contributed by atoms with van der Waals surface area (Å²) in [6, 6.07) is 4.74. The zero-order chi connectivity index (χ0) is 17.9. The molecule has 0 radical (unpaired) electrons. The van der Waals surface area contributed by atoms with Crippen LogP contribution in [0.5, 0.6) is 5.88 Å². The smallest absolute Gasteiger partial charge is 0.267 e. The van der Waals surface area contributed by atoms with E-state index in [2.05, 4.69) is 4.98 Å². The van der Waals surface area contributed by atoms with Crippen LogP contribution < -0.4 is 10.5 Å². The number of primary amides is 1. The van der Waals surface area contributed by atoms with Gasteiger partial charge >= 0.3 is 0 Å². The summed E-state index contributed by atoms with van der Waals surface area (Å²) in [6.45, 7) is 2.46. The van der Waals surface area contributed by atoms with Crippen molar-refractivity contribution >= 4 is 5.91 Å². The van der Waals surface area contributed by atoms with Gasteiger partial charge in [-0.2, -0.15) is 0 Å². The molecule has 1 aliphatic heterocycles. The van der Waals surface area contributed by atoms with E-state index in [-0.39, 0.29) is 23.1 Å². The number of aliphatic hydroxyl groups is 1. The van der Waals surface area contributed by atoms with Gasteiger partial charge in [0.15, 0.2) is 0 Å². The number of amides is 1. The van der Waals surface area contributed by atoms with Crippen molar-refractivity contribution in [2.45, 2.75) is 13.3 Å². The van der Waals surface area contributed by atoms with E-state index in [9.17, 15) is 13.6 Å². The fourth-order valence-corrected chi connectivity index (χ4v) is 2.57. The number of carbonyl (C=O) groups is 1. The molecule has 128 valence electrons. The van der Waals surface area contributed by atoms with Crippen LogP contribution in [0.3, 0.4) is 0 Å². The SMILES string of the molecule is CO.C[C@H]1COc2nc(C(N)=O)cc(-c3ccc(F)cc3F)c2C1. The highest BCUT2D eigenvalue weighted by Crippen LogP contribution is 2.36. The Morgan fingerprint density at radius 2 is 2.00 bits per heavy atom. The van der Waals surface area contributed by atoms with Gasteiger partial charge in [0.05, 0.1) is 6.61 Å². The van der Waals surface area contributed by atoms with Gasteiger partial charge in [-0.1, -0.05) is 6.92 Å². The number of nitrogens with zero attached hydrogens (tertiary/aromatic N) is 1. The number of rotatable bonds is 2. The zero-order valence-corrected chi connectivity index (χ0v) is 13.3. The highest BCUT2D eigenvalue weighted by molar-refractivity contribution is 5.93. The lowest BCUT2D eigenvalue weighted by molar-refractivity contribution is 0.0993. The number of benzene rings is 1. The Morgan fingerprint density at radius 1 is 1.29 bits per heavy atom. The number of ether oxygens (including phenoxy) is 1. The number of hydrogen-bond acceptors (Lipinski definition) is 4. The minimum absolute atomic E-state index is 0.00738. The monoisotopic (exact) mass is 336 g/mol. The molecule has 1 atom stereocenters. The molecule has 0 spiro atoms. The van der Waals surface area contributed by atoms with Crippen LogP contribution in [0, 0.1) is 17.6 Å². The van der Waals surface area contributed by atoms with Crippen molar-refractivity contribution in [2.75, 3.05) is 13.7 Å². The Bertz CT molecular complexity index is 766. The van der Waals surface area contributed by atoms with Crippen molar-refractivity contribution in [3.8, 4) is 17.0 Å². The molecule has 1 aromatic carbocycles.